The minimum atomic E-state index is -0.425. The molecule has 3 aromatic rings. The normalized spacial score (nSPS) is 15.4. The molecule has 9 heteroatoms. The van der Waals surface area contributed by atoms with E-state index in [1.807, 2.05) is 12.1 Å². The van der Waals surface area contributed by atoms with E-state index in [-0.39, 0.29) is 37.3 Å². The molecule has 0 radical (unpaired) electrons. The van der Waals surface area contributed by atoms with Gasteiger partial charge < -0.3 is 24.7 Å². The Balaban J connectivity index is 1.26. The summed E-state index contributed by atoms with van der Waals surface area (Å²) >= 11 is 3.35. The van der Waals surface area contributed by atoms with Gasteiger partial charge in [-0.3, -0.25) is 14.4 Å². The summed E-state index contributed by atoms with van der Waals surface area (Å²) in [4.78, 5) is 38.5. The van der Waals surface area contributed by atoms with Crippen molar-refractivity contribution in [3.05, 3.63) is 77.2 Å². The minimum absolute atomic E-state index is 0.115. The molecule has 170 valence electrons. The zero-order valence-electron chi connectivity index (χ0n) is 17.6. The molecule has 0 aliphatic carbocycles. The largest absolute Gasteiger partial charge is 0.484 e. The van der Waals surface area contributed by atoms with Gasteiger partial charge in [0.1, 0.15) is 11.5 Å². The van der Waals surface area contributed by atoms with Crippen LogP contribution in [0.2, 0.25) is 0 Å². The summed E-state index contributed by atoms with van der Waals surface area (Å²) in [5.41, 5.74) is 1.35. The summed E-state index contributed by atoms with van der Waals surface area (Å²) in [7, 11) is 0. The van der Waals surface area contributed by atoms with Gasteiger partial charge in [-0.2, -0.15) is 0 Å². The molecule has 3 amide bonds. The van der Waals surface area contributed by atoms with Gasteiger partial charge in [0, 0.05) is 28.8 Å². The smallest absolute Gasteiger partial charge is 0.262 e. The molecule has 33 heavy (non-hydrogen) atoms. The fraction of sp³-hybridized carbons (Fsp3) is 0.208. The molecule has 2 heterocycles. The minimum Gasteiger partial charge on any atom is -0.484 e. The summed E-state index contributed by atoms with van der Waals surface area (Å²) in [6.45, 7) is 0.451. The zero-order valence-corrected chi connectivity index (χ0v) is 19.2. The van der Waals surface area contributed by atoms with Crippen LogP contribution in [-0.2, 0) is 20.9 Å². The summed E-state index contributed by atoms with van der Waals surface area (Å²) in [5.74, 6) is 0.162. The SMILES string of the molecule is O=C(COc1ccc(N2C[C@H](C(=O)NCc3ccco3)CC2=O)cc1)Nc1ccc(Br)cc1. The first-order valence-electron chi connectivity index (χ1n) is 10.4. The molecule has 0 spiro atoms. The van der Waals surface area contributed by atoms with Crippen molar-refractivity contribution in [2.24, 2.45) is 5.92 Å². The van der Waals surface area contributed by atoms with Crippen LogP contribution >= 0.6 is 15.9 Å². The van der Waals surface area contributed by atoms with Crippen molar-refractivity contribution in [3.63, 3.8) is 0 Å². The predicted molar refractivity (Wildman–Crippen MR) is 126 cm³/mol. The highest BCUT2D eigenvalue weighted by Crippen LogP contribution is 2.27. The van der Waals surface area contributed by atoms with Crippen molar-refractivity contribution >= 4 is 45.0 Å². The molecule has 1 fully saturated rings. The highest BCUT2D eigenvalue weighted by atomic mass is 79.9. The number of hydrogen-bond donors (Lipinski definition) is 2. The fourth-order valence-electron chi connectivity index (χ4n) is 3.47. The zero-order chi connectivity index (χ0) is 23.2. The molecule has 0 bridgehead atoms. The van der Waals surface area contributed by atoms with Crippen molar-refractivity contribution in [3.8, 4) is 5.75 Å². The van der Waals surface area contributed by atoms with Gasteiger partial charge in [0.25, 0.3) is 5.91 Å². The Morgan fingerprint density at radius 2 is 1.85 bits per heavy atom. The van der Waals surface area contributed by atoms with Crippen molar-refractivity contribution in [2.75, 3.05) is 23.4 Å². The third-order valence-electron chi connectivity index (χ3n) is 5.16. The highest BCUT2D eigenvalue weighted by molar-refractivity contribution is 9.10. The number of furan rings is 1. The Hall–Kier alpha value is -3.59. The van der Waals surface area contributed by atoms with Crippen LogP contribution in [0.15, 0.2) is 75.8 Å². The molecule has 0 unspecified atom stereocenters. The number of carbonyl (C=O) groups is 3. The van der Waals surface area contributed by atoms with Crippen LogP contribution in [0.3, 0.4) is 0 Å². The van der Waals surface area contributed by atoms with E-state index in [1.54, 1.807) is 59.7 Å². The molecule has 1 aliphatic rings. The third kappa shape index (κ3) is 6.01. The number of benzene rings is 2. The first-order valence-corrected chi connectivity index (χ1v) is 11.2. The van der Waals surface area contributed by atoms with Gasteiger partial charge in [-0.1, -0.05) is 15.9 Å². The molecule has 1 aliphatic heterocycles. The highest BCUT2D eigenvalue weighted by Gasteiger charge is 2.35. The monoisotopic (exact) mass is 511 g/mol. The van der Waals surface area contributed by atoms with Crippen LogP contribution in [0.1, 0.15) is 12.2 Å². The van der Waals surface area contributed by atoms with Gasteiger partial charge in [-0.25, -0.2) is 0 Å². The second kappa shape index (κ2) is 10.4. The van der Waals surface area contributed by atoms with E-state index in [2.05, 4.69) is 26.6 Å². The van der Waals surface area contributed by atoms with Crippen LogP contribution < -0.4 is 20.3 Å². The average molecular weight is 512 g/mol. The lowest BCUT2D eigenvalue weighted by atomic mass is 10.1. The predicted octanol–water partition coefficient (Wildman–Crippen LogP) is 3.73. The molecule has 1 aromatic heterocycles. The van der Waals surface area contributed by atoms with Crippen LogP contribution in [0.25, 0.3) is 0 Å². The summed E-state index contributed by atoms with van der Waals surface area (Å²) in [6.07, 6.45) is 1.70. The number of anilines is 2. The van der Waals surface area contributed by atoms with E-state index in [4.69, 9.17) is 9.15 Å². The Labute approximate surface area is 199 Å². The van der Waals surface area contributed by atoms with Crippen molar-refractivity contribution in [2.45, 2.75) is 13.0 Å². The van der Waals surface area contributed by atoms with E-state index < -0.39 is 5.92 Å². The number of carbonyl (C=O) groups excluding carboxylic acids is 3. The summed E-state index contributed by atoms with van der Waals surface area (Å²) in [6, 6.07) is 17.6. The maximum absolute atomic E-state index is 12.5. The first-order chi connectivity index (χ1) is 16.0. The van der Waals surface area contributed by atoms with Crippen LogP contribution in [-0.4, -0.2) is 30.9 Å². The maximum Gasteiger partial charge on any atom is 0.262 e. The molecule has 1 atom stereocenters. The summed E-state index contributed by atoms with van der Waals surface area (Å²) < 4.78 is 11.7. The molecule has 1 saturated heterocycles. The Kier molecular flexibility index (Phi) is 7.09. The lowest BCUT2D eigenvalue weighted by Crippen LogP contribution is -2.32. The second-order valence-electron chi connectivity index (χ2n) is 7.54. The van der Waals surface area contributed by atoms with Crippen LogP contribution in [0.5, 0.6) is 5.75 Å². The molecule has 2 aromatic carbocycles. The Morgan fingerprint density at radius 1 is 1.09 bits per heavy atom. The lowest BCUT2D eigenvalue weighted by molar-refractivity contribution is -0.126. The molecule has 2 N–H and O–H groups in total. The second-order valence-corrected chi connectivity index (χ2v) is 8.46. The van der Waals surface area contributed by atoms with Gasteiger partial charge in [0.2, 0.25) is 11.8 Å². The van der Waals surface area contributed by atoms with Crippen molar-refractivity contribution in [1.29, 1.82) is 0 Å². The molecule has 0 saturated carbocycles. The van der Waals surface area contributed by atoms with Crippen molar-refractivity contribution < 1.29 is 23.5 Å². The van der Waals surface area contributed by atoms with Crippen LogP contribution in [0.4, 0.5) is 11.4 Å². The average Bonchev–Trinajstić information content (AvgIpc) is 3.48. The number of nitrogens with zero attached hydrogens (tertiary/aromatic N) is 1. The molecule has 8 nitrogen and oxygen atoms in total. The molecular weight excluding hydrogens is 490 g/mol. The van der Waals surface area contributed by atoms with Gasteiger partial charge >= 0.3 is 0 Å². The number of rotatable bonds is 8. The summed E-state index contributed by atoms with van der Waals surface area (Å²) in [5, 5.41) is 5.56. The Bertz CT molecular complexity index is 1110. The number of nitrogens with one attached hydrogen (secondary N) is 2. The van der Waals surface area contributed by atoms with E-state index in [1.165, 1.54) is 0 Å². The molecular formula is C24H22BrN3O5. The van der Waals surface area contributed by atoms with Gasteiger partial charge in [0.15, 0.2) is 6.61 Å². The number of amides is 3. The third-order valence-corrected chi connectivity index (χ3v) is 5.69. The Morgan fingerprint density at radius 3 is 2.55 bits per heavy atom. The standard InChI is InChI=1S/C24H22BrN3O5/c25-17-3-5-18(6-4-17)27-22(29)15-33-20-9-7-19(8-10-20)28-14-16(12-23(28)30)24(31)26-13-21-2-1-11-32-21/h1-11,16H,12-15H2,(H,26,31)(H,27,29)/t16-/m1/s1. The van der Waals surface area contributed by atoms with Crippen molar-refractivity contribution in [1.82, 2.24) is 5.32 Å². The van der Waals surface area contributed by atoms with Gasteiger partial charge in [0.05, 0.1) is 18.7 Å². The van der Waals surface area contributed by atoms with E-state index in [9.17, 15) is 14.4 Å². The van der Waals surface area contributed by atoms with Gasteiger partial charge in [-0.15, -0.1) is 0 Å². The fourth-order valence-corrected chi connectivity index (χ4v) is 3.73. The quantitative estimate of drug-likeness (QED) is 0.479. The van der Waals surface area contributed by atoms with E-state index in [0.717, 1.165) is 4.47 Å². The lowest BCUT2D eigenvalue weighted by Gasteiger charge is -2.17. The number of hydrogen-bond acceptors (Lipinski definition) is 5. The van der Waals surface area contributed by atoms with Gasteiger partial charge in [-0.05, 0) is 60.7 Å². The number of halogens is 1. The number of ether oxygens (including phenoxy) is 1. The van der Waals surface area contributed by atoms with Crippen LogP contribution in [0, 0.1) is 5.92 Å². The topological polar surface area (TPSA) is 101 Å². The van der Waals surface area contributed by atoms with E-state index in [0.29, 0.717) is 29.4 Å². The maximum atomic E-state index is 12.5. The molecule has 4 rings (SSSR count). The van der Waals surface area contributed by atoms with E-state index >= 15 is 0 Å². The first kappa shape index (κ1) is 22.6.